The summed E-state index contributed by atoms with van der Waals surface area (Å²) in [6, 6.07) is 13.2. The van der Waals surface area contributed by atoms with Gasteiger partial charge in [-0.25, -0.2) is 4.68 Å². The van der Waals surface area contributed by atoms with Crippen LogP contribution in [0.4, 0.5) is 0 Å². The molecule has 2 saturated heterocycles. The molecule has 5 heteroatoms. The average Bonchev–Trinajstić information content (AvgIpc) is 3.27. The standard InChI is InChI=1S/C18H25N5/c1-2-4-17(5-3-1)23-11-6-16(20-23)14-21-10-7-18(15-21)22-12-8-19-9-13-22/h1-6,11,18-19H,7-10,12-15H2. The van der Waals surface area contributed by atoms with Crippen molar-refractivity contribution in [1.82, 2.24) is 24.9 Å². The molecule has 4 rings (SSSR count). The van der Waals surface area contributed by atoms with E-state index in [2.05, 4.69) is 51.6 Å². The summed E-state index contributed by atoms with van der Waals surface area (Å²) in [6.45, 7) is 7.99. The number of nitrogens with one attached hydrogen (secondary N) is 1. The Labute approximate surface area is 137 Å². The van der Waals surface area contributed by atoms with Gasteiger partial charge in [-0.05, 0) is 24.6 Å². The van der Waals surface area contributed by atoms with E-state index in [1.54, 1.807) is 0 Å². The van der Waals surface area contributed by atoms with E-state index in [1.807, 2.05) is 10.7 Å². The van der Waals surface area contributed by atoms with E-state index < -0.39 is 0 Å². The first-order valence-corrected chi connectivity index (χ1v) is 8.65. The zero-order chi connectivity index (χ0) is 15.5. The predicted octanol–water partition coefficient (Wildman–Crippen LogP) is 1.35. The molecular formula is C18H25N5. The van der Waals surface area contributed by atoms with Gasteiger partial charge in [-0.15, -0.1) is 0 Å². The molecule has 2 aromatic rings. The maximum absolute atomic E-state index is 4.73. The molecule has 0 radical (unpaired) electrons. The zero-order valence-electron chi connectivity index (χ0n) is 13.6. The van der Waals surface area contributed by atoms with E-state index in [-0.39, 0.29) is 0 Å². The van der Waals surface area contributed by atoms with Crippen LogP contribution in [0.3, 0.4) is 0 Å². The minimum atomic E-state index is 0.730. The summed E-state index contributed by atoms with van der Waals surface area (Å²) in [5.41, 5.74) is 2.29. The number of hydrogen-bond acceptors (Lipinski definition) is 4. The van der Waals surface area contributed by atoms with Crippen molar-refractivity contribution in [3.8, 4) is 5.69 Å². The van der Waals surface area contributed by atoms with Crippen molar-refractivity contribution in [2.45, 2.75) is 19.0 Å². The van der Waals surface area contributed by atoms with E-state index in [9.17, 15) is 0 Å². The summed E-state index contributed by atoms with van der Waals surface area (Å²) >= 11 is 0. The molecule has 0 amide bonds. The summed E-state index contributed by atoms with van der Waals surface area (Å²) in [5.74, 6) is 0. The number of nitrogens with zero attached hydrogens (tertiary/aromatic N) is 4. The molecule has 1 atom stereocenters. The molecular weight excluding hydrogens is 286 g/mol. The Balaban J connectivity index is 1.35. The van der Waals surface area contributed by atoms with Crippen LogP contribution in [0.25, 0.3) is 5.69 Å². The number of benzene rings is 1. The topological polar surface area (TPSA) is 36.3 Å². The SMILES string of the molecule is c1ccc(-n2ccc(CN3CCC(N4CCNCC4)C3)n2)cc1. The molecule has 2 aliphatic heterocycles. The largest absolute Gasteiger partial charge is 0.314 e. The number of piperazine rings is 1. The highest BCUT2D eigenvalue weighted by Crippen LogP contribution is 2.18. The second kappa shape index (κ2) is 6.83. The van der Waals surface area contributed by atoms with Gasteiger partial charge in [-0.1, -0.05) is 18.2 Å². The fourth-order valence-electron chi connectivity index (χ4n) is 3.70. The summed E-state index contributed by atoms with van der Waals surface area (Å²) in [4.78, 5) is 5.20. The van der Waals surface area contributed by atoms with Gasteiger partial charge >= 0.3 is 0 Å². The molecule has 5 nitrogen and oxygen atoms in total. The summed E-state index contributed by atoms with van der Waals surface area (Å²) in [5, 5.41) is 8.17. The fourth-order valence-corrected chi connectivity index (χ4v) is 3.70. The number of rotatable bonds is 4. The van der Waals surface area contributed by atoms with Gasteiger partial charge < -0.3 is 5.32 Å². The molecule has 0 bridgehead atoms. The Bertz CT molecular complexity index is 617. The van der Waals surface area contributed by atoms with E-state index in [0.717, 1.165) is 37.1 Å². The first kappa shape index (κ1) is 14.9. The minimum absolute atomic E-state index is 0.730. The molecule has 122 valence electrons. The molecule has 1 aromatic heterocycles. The lowest BCUT2D eigenvalue weighted by Gasteiger charge is -2.32. The lowest BCUT2D eigenvalue weighted by atomic mass is 10.2. The zero-order valence-corrected chi connectivity index (χ0v) is 13.6. The highest BCUT2D eigenvalue weighted by Gasteiger charge is 2.28. The van der Waals surface area contributed by atoms with Gasteiger partial charge in [0.1, 0.15) is 0 Å². The summed E-state index contributed by atoms with van der Waals surface area (Å²) in [6.07, 6.45) is 3.36. The van der Waals surface area contributed by atoms with E-state index >= 15 is 0 Å². The molecule has 1 unspecified atom stereocenters. The van der Waals surface area contributed by atoms with Gasteiger partial charge in [0, 0.05) is 58.1 Å². The van der Waals surface area contributed by atoms with Crippen LogP contribution in [0.2, 0.25) is 0 Å². The van der Waals surface area contributed by atoms with Gasteiger partial charge in [0.25, 0.3) is 0 Å². The van der Waals surface area contributed by atoms with Crippen LogP contribution in [-0.4, -0.2) is 64.9 Å². The van der Waals surface area contributed by atoms with Crippen LogP contribution in [0, 0.1) is 0 Å². The molecule has 0 spiro atoms. The number of aromatic nitrogens is 2. The molecule has 23 heavy (non-hydrogen) atoms. The quantitative estimate of drug-likeness (QED) is 0.925. The van der Waals surface area contributed by atoms with Crippen molar-refractivity contribution < 1.29 is 0 Å². The third-order valence-electron chi connectivity index (χ3n) is 4.97. The first-order valence-electron chi connectivity index (χ1n) is 8.65. The lowest BCUT2D eigenvalue weighted by molar-refractivity contribution is 0.170. The molecule has 0 saturated carbocycles. The maximum atomic E-state index is 4.73. The molecule has 2 aliphatic rings. The Morgan fingerprint density at radius 2 is 1.87 bits per heavy atom. The summed E-state index contributed by atoms with van der Waals surface area (Å²) in [7, 11) is 0. The average molecular weight is 311 g/mol. The third kappa shape index (κ3) is 3.47. The highest BCUT2D eigenvalue weighted by molar-refractivity contribution is 5.30. The van der Waals surface area contributed by atoms with E-state index in [4.69, 9.17) is 5.10 Å². The summed E-state index contributed by atoms with van der Waals surface area (Å²) < 4.78 is 1.97. The lowest BCUT2D eigenvalue weighted by Crippen LogP contribution is -2.49. The second-order valence-corrected chi connectivity index (χ2v) is 6.55. The van der Waals surface area contributed by atoms with Gasteiger partial charge in [-0.2, -0.15) is 5.10 Å². The van der Waals surface area contributed by atoms with Crippen molar-refractivity contribution >= 4 is 0 Å². The molecule has 2 fully saturated rings. The van der Waals surface area contributed by atoms with E-state index in [0.29, 0.717) is 0 Å². The van der Waals surface area contributed by atoms with Crippen molar-refractivity contribution in [3.05, 3.63) is 48.3 Å². The predicted molar refractivity (Wildman–Crippen MR) is 91.7 cm³/mol. The van der Waals surface area contributed by atoms with Crippen LogP contribution in [0.15, 0.2) is 42.6 Å². The Morgan fingerprint density at radius 3 is 2.70 bits per heavy atom. The van der Waals surface area contributed by atoms with Crippen molar-refractivity contribution in [3.63, 3.8) is 0 Å². The van der Waals surface area contributed by atoms with E-state index in [1.165, 1.54) is 32.6 Å². The monoisotopic (exact) mass is 311 g/mol. The minimum Gasteiger partial charge on any atom is -0.314 e. The number of hydrogen-bond donors (Lipinski definition) is 1. The van der Waals surface area contributed by atoms with Gasteiger partial charge in [-0.3, -0.25) is 9.80 Å². The van der Waals surface area contributed by atoms with Gasteiger partial charge in [0.05, 0.1) is 11.4 Å². The van der Waals surface area contributed by atoms with Crippen molar-refractivity contribution in [2.24, 2.45) is 0 Å². The Hall–Kier alpha value is -1.69. The first-order chi connectivity index (χ1) is 11.4. The second-order valence-electron chi connectivity index (χ2n) is 6.55. The van der Waals surface area contributed by atoms with Crippen LogP contribution >= 0.6 is 0 Å². The van der Waals surface area contributed by atoms with Gasteiger partial charge in [0.2, 0.25) is 0 Å². The van der Waals surface area contributed by atoms with Crippen LogP contribution < -0.4 is 5.32 Å². The maximum Gasteiger partial charge on any atom is 0.0769 e. The third-order valence-corrected chi connectivity index (χ3v) is 4.97. The number of para-hydroxylation sites is 1. The smallest absolute Gasteiger partial charge is 0.0769 e. The normalized spacial score (nSPS) is 23.4. The number of likely N-dealkylation sites (tertiary alicyclic amines) is 1. The fraction of sp³-hybridized carbons (Fsp3) is 0.500. The molecule has 1 N–H and O–H groups in total. The molecule has 0 aliphatic carbocycles. The Morgan fingerprint density at radius 1 is 1.04 bits per heavy atom. The van der Waals surface area contributed by atoms with Gasteiger partial charge in [0.15, 0.2) is 0 Å². The van der Waals surface area contributed by atoms with Crippen LogP contribution in [0.1, 0.15) is 12.1 Å². The molecule has 1 aromatic carbocycles. The van der Waals surface area contributed by atoms with Crippen LogP contribution in [-0.2, 0) is 6.54 Å². The Kier molecular flexibility index (Phi) is 4.41. The van der Waals surface area contributed by atoms with Crippen molar-refractivity contribution in [2.75, 3.05) is 39.3 Å². The highest BCUT2D eigenvalue weighted by atomic mass is 15.3. The van der Waals surface area contributed by atoms with Crippen LogP contribution in [0.5, 0.6) is 0 Å². The van der Waals surface area contributed by atoms with Crippen molar-refractivity contribution in [1.29, 1.82) is 0 Å². The molecule has 3 heterocycles.